The summed E-state index contributed by atoms with van der Waals surface area (Å²) in [5.41, 5.74) is 7.56. The highest BCUT2D eigenvalue weighted by molar-refractivity contribution is 7.05. The van der Waals surface area contributed by atoms with Gasteiger partial charge in [-0.2, -0.15) is 0 Å². The summed E-state index contributed by atoms with van der Waals surface area (Å²) in [4.78, 5) is 0. The summed E-state index contributed by atoms with van der Waals surface area (Å²) in [6.07, 6.45) is 7.38. The average Bonchev–Trinajstić information content (AvgIpc) is 2.98. The van der Waals surface area contributed by atoms with E-state index in [-0.39, 0.29) is 5.04 Å². The third kappa shape index (κ3) is 3.66. The van der Waals surface area contributed by atoms with Gasteiger partial charge in [0.2, 0.25) is 0 Å². The van der Waals surface area contributed by atoms with Gasteiger partial charge >= 0.3 is 0 Å². The van der Waals surface area contributed by atoms with Gasteiger partial charge in [-0.3, -0.25) is 0 Å². The Labute approximate surface area is 186 Å². The van der Waals surface area contributed by atoms with Crippen LogP contribution in [-0.4, -0.2) is 8.07 Å². The lowest BCUT2D eigenvalue weighted by Crippen LogP contribution is -2.65. The number of aryl methyl sites for hydroxylation is 2. The van der Waals surface area contributed by atoms with Gasteiger partial charge in [-0.05, 0) is 56.4 Å². The van der Waals surface area contributed by atoms with Crippen molar-refractivity contribution in [2.45, 2.75) is 85.2 Å². The smallest absolute Gasteiger partial charge is 0.0733 e. The molecule has 0 radical (unpaired) electrons. The molecule has 0 saturated heterocycles. The summed E-state index contributed by atoms with van der Waals surface area (Å²) in [6.45, 7) is 16.5. The molecule has 0 fully saturated rings. The van der Waals surface area contributed by atoms with Gasteiger partial charge in [0.15, 0.2) is 0 Å². The van der Waals surface area contributed by atoms with Crippen LogP contribution in [0.4, 0.5) is 0 Å². The lowest BCUT2D eigenvalue weighted by molar-refractivity contribution is 0.808. The lowest BCUT2D eigenvalue weighted by Gasteiger charge is -2.47. The van der Waals surface area contributed by atoms with E-state index in [1.807, 2.05) is 0 Å². The molecule has 3 rings (SSSR count). The predicted octanol–water partition coefficient (Wildman–Crippen LogP) is 7.23. The van der Waals surface area contributed by atoms with Gasteiger partial charge < -0.3 is 0 Å². The van der Waals surface area contributed by atoms with Crippen molar-refractivity contribution in [2.24, 2.45) is 0 Å². The van der Waals surface area contributed by atoms with Crippen LogP contribution < -0.4 is 10.4 Å². The van der Waals surface area contributed by atoms with Gasteiger partial charge in [0.25, 0.3) is 0 Å². The normalized spacial score (nSPS) is 21.0. The number of unbranched alkanes of at least 4 members (excludes halogenated alkanes) is 1. The van der Waals surface area contributed by atoms with Crippen LogP contribution in [0.3, 0.4) is 0 Å². The van der Waals surface area contributed by atoms with Gasteiger partial charge in [-0.25, -0.2) is 0 Å². The molecule has 160 valence electrons. The van der Waals surface area contributed by atoms with Gasteiger partial charge in [0.1, 0.15) is 8.07 Å². The average molecular weight is 417 g/mol. The third-order valence-corrected chi connectivity index (χ3v) is 13.8. The molecule has 30 heavy (non-hydrogen) atoms. The fraction of sp³-hybridized carbons (Fsp3) is 0.448. The van der Waals surface area contributed by atoms with Crippen LogP contribution in [0.2, 0.25) is 11.1 Å². The SMILES string of the molecule is CCCC[Si](c1ccccc1)(c1cc(CC)cc(CC)c1)C1(C)C=C(C)C(C)=C1C. The molecule has 0 nitrogen and oxygen atoms in total. The molecule has 1 heteroatoms. The highest BCUT2D eigenvalue weighted by Crippen LogP contribution is 2.54. The minimum atomic E-state index is -2.14. The fourth-order valence-electron chi connectivity index (χ4n) is 5.67. The Kier molecular flexibility index (Phi) is 6.92. The molecule has 2 unspecified atom stereocenters. The Morgan fingerprint density at radius 2 is 1.40 bits per heavy atom. The van der Waals surface area contributed by atoms with E-state index in [9.17, 15) is 0 Å². The number of allylic oxidation sites excluding steroid dienone is 4. The summed E-state index contributed by atoms with van der Waals surface area (Å²) in [5, 5.41) is 3.34. The molecule has 0 bridgehead atoms. The Balaban J connectivity index is 2.43. The van der Waals surface area contributed by atoms with Gasteiger partial charge in [0, 0.05) is 5.04 Å². The topological polar surface area (TPSA) is 0 Å². The van der Waals surface area contributed by atoms with E-state index in [2.05, 4.69) is 103 Å². The van der Waals surface area contributed by atoms with Gasteiger partial charge in [0.05, 0.1) is 0 Å². The number of hydrogen-bond acceptors (Lipinski definition) is 0. The molecule has 0 spiro atoms. The van der Waals surface area contributed by atoms with E-state index in [0.29, 0.717) is 0 Å². The first-order chi connectivity index (χ1) is 14.3. The Hall–Kier alpha value is -1.86. The molecule has 0 amide bonds. The quantitative estimate of drug-likeness (QED) is 0.398. The third-order valence-electron chi connectivity index (χ3n) is 7.86. The monoisotopic (exact) mass is 416 g/mol. The van der Waals surface area contributed by atoms with Crippen LogP contribution >= 0.6 is 0 Å². The zero-order valence-corrected chi connectivity index (χ0v) is 21.2. The Morgan fingerprint density at radius 1 is 0.800 bits per heavy atom. The molecule has 0 saturated carbocycles. The molecule has 2 atom stereocenters. The second-order valence-electron chi connectivity index (χ2n) is 9.40. The summed E-state index contributed by atoms with van der Waals surface area (Å²) in [5.74, 6) is 0. The summed E-state index contributed by atoms with van der Waals surface area (Å²) in [7, 11) is -2.14. The first-order valence-electron chi connectivity index (χ1n) is 11.9. The van der Waals surface area contributed by atoms with E-state index >= 15 is 0 Å². The standard InChI is InChI=1S/C29H40Si/c1-8-11-17-30(27-15-13-12-14-16-27,29(7)21-22(4)23(5)24(29)6)28-19-25(9-2)18-26(10-3)20-28/h12-16,18-21H,8-11,17H2,1-7H3. The highest BCUT2D eigenvalue weighted by atomic mass is 28.3. The lowest BCUT2D eigenvalue weighted by atomic mass is 10.0. The molecule has 0 heterocycles. The van der Waals surface area contributed by atoms with E-state index in [1.54, 1.807) is 15.9 Å². The van der Waals surface area contributed by atoms with Crippen molar-refractivity contribution in [1.29, 1.82) is 0 Å². The van der Waals surface area contributed by atoms with Crippen molar-refractivity contribution in [2.75, 3.05) is 0 Å². The van der Waals surface area contributed by atoms with Crippen LogP contribution in [0, 0.1) is 0 Å². The van der Waals surface area contributed by atoms with Crippen molar-refractivity contribution >= 4 is 18.4 Å². The zero-order chi connectivity index (χ0) is 21.9. The molecular weight excluding hydrogens is 376 g/mol. The first kappa shape index (κ1) is 22.8. The second kappa shape index (κ2) is 9.10. The summed E-state index contributed by atoms with van der Waals surface area (Å²) < 4.78 is 0. The van der Waals surface area contributed by atoms with Gasteiger partial charge in [-0.1, -0.05) is 117 Å². The van der Waals surface area contributed by atoms with E-state index in [1.165, 1.54) is 41.2 Å². The molecule has 0 N–H and O–H groups in total. The van der Waals surface area contributed by atoms with Crippen LogP contribution in [0.25, 0.3) is 0 Å². The predicted molar refractivity (Wildman–Crippen MR) is 137 cm³/mol. The van der Waals surface area contributed by atoms with Crippen LogP contribution in [0.1, 0.15) is 72.4 Å². The molecule has 0 aromatic heterocycles. The maximum Gasteiger partial charge on any atom is 0.131 e. The molecule has 0 aliphatic heterocycles. The van der Waals surface area contributed by atoms with E-state index in [0.717, 1.165) is 12.8 Å². The van der Waals surface area contributed by atoms with Crippen molar-refractivity contribution in [3.05, 3.63) is 82.5 Å². The van der Waals surface area contributed by atoms with Crippen molar-refractivity contribution in [1.82, 2.24) is 0 Å². The minimum absolute atomic E-state index is 0.106. The second-order valence-corrected chi connectivity index (χ2v) is 13.9. The van der Waals surface area contributed by atoms with E-state index in [4.69, 9.17) is 0 Å². The molecule has 2 aromatic carbocycles. The number of hydrogen-bond donors (Lipinski definition) is 0. The molecule has 1 aliphatic carbocycles. The van der Waals surface area contributed by atoms with Crippen molar-refractivity contribution in [3.8, 4) is 0 Å². The molecular formula is C29H40Si. The number of rotatable bonds is 8. The zero-order valence-electron chi connectivity index (χ0n) is 20.2. The van der Waals surface area contributed by atoms with Crippen molar-refractivity contribution in [3.63, 3.8) is 0 Å². The molecule has 2 aromatic rings. The maximum absolute atomic E-state index is 2.64. The minimum Gasteiger partial charge on any atom is -0.0733 e. The van der Waals surface area contributed by atoms with E-state index < -0.39 is 8.07 Å². The first-order valence-corrected chi connectivity index (χ1v) is 14.1. The summed E-state index contributed by atoms with van der Waals surface area (Å²) >= 11 is 0. The van der Waals surface area contributed by atoms with Crippen LogP contribution in [0.5, 0.6) is 0 Å². The largest absolute Gasteiger partial charge is 0.131 e. The van der Waals surface area contributed by atoms with Crippen LogP contribution in [-0.2, 0) is 12.8 Å². The number of benzene rings is 2. The van der Waals surface area contributed by atoms with Crippen LogP contribution in [0.15, 0.2) is 71.3 Å². The maximum atomic E-state index is 2.64. The molecule has 1 aliphatic rings. The summed E-state index contributed by atoms with van der Waals surface area (Å²) in [6, 6.07) is 20.4. The fourth-order valence-corrected chi connectivity index (χ4v) is 12.1. The van der Waals surface area contributed by atoms with Crippen molar-refractivity contribution < 1.29 is 0 Å². The highest BCUT2D eigenvalue weighted by Gasteiger charge is 2.54. The Morgan fingerprint density at radius 3 is 1.87 bits per heavy atom. The Bertz CT molecular complexity index is 927. The van der Waals surface area contributed by atoms with Gasteiger partial charge in [-0.15, -0.1) is 0 Å².